The molecule has 0 amide bonds. The third-order valence-corrected chi connectivity index (χ3v) is 3.82. The van der Waals surface area contributed by atoms with Crippen molar-refractivity contribution in [1.29, 1.82) is 0 Å². The summed E-state index contributed by atoms with van der Waals surface area (Å²) in [5, 5.41) is 12.9. The molecule has 8 nitrogen and oxygen atoms in total. The number of sulfonamides is 1. The van der Waals surface area contributed by atoms with Gasteiger partial charge < -0.3 is 15.6 Å². The van der Waals surface area contributed by atoms with Crippen LogP contribution in [0, 0.1) is 0 Å². The Morgan fingerprint density at radius 2 is 2.33 bits per heavy atom. The zero-order chi connectivity index (χ0) is 13.8. The number of aryl methyl sites for hydroxylation is 1. The standard InChI is InChI=1S/C9H18N4O4S/c1-3-13-4-8(9(10)11-13)18(15,16)12-7(5-14)6-17-2/h4,7,12,14H,3,5-6H2,1-2H3,(H2,10,11). The molecular weight excluding hydrogens is 260 g/mol. The van der Waals surface area contributed by atoms with Gasteiger partial charge >= 0.3 is 0 Å². The van der Waals surface area contributed by atoms with Crippen molar-refractivity contribution in [2.24, 2.45) is 0 Å². The molecule has 0 fully saturated rings. The van der Waals surface area contributed by atoms with E-state index in [9.17, 15) is 8.42 Å². The molecule has 1 atom stereocenters. The summed E-state index contributed by atoms with van der Waals surface area (Å²) in [4.78, 5) is -0.0982. The first-order chi connectivity index (χ1) is 8.44. The third-order valence-electron chi connectivity index (χ3n) is 2.28. The molecule has 1 unspecified atom stereocenters. The number of methoxy groups -OCH3 is 1. The van der Waals surface area contributed by atoms with Gasteiger partial charge in [0.25, 0.3) is 0 Å². The maximum atomic E-state index is 12.0. The number of anilines is 1. The number of aliphatic hydroxyl groups excluding tert-OH is 1. The summed E-state index contributed by atoms with van der Waals surface area (Å²) in [5.41, 5.74) is 5.55. The SMILES string of the molecule is CCn1cc(S(=O)(=O)NC(CO)COC)c(N)n1. The number of hydrogen-bond donors (Lipinski definition) is 3. The smallest absolute Gasteiger partial charge is 0.246 e. The van der Waals surface area contributed by atoms with E-state index < -0.39 is 16.1 Å². The molecule has 0 spiro atoms. The molecule has 0 aliphatic carbocycles. The lowest BCUT2D eigenvalue weighted by molar-refractivity contribution is 0.139. The molecule has 0 bridgehead atoms. The Morgan fingerprint density at radius 1 is 1.67 bits per heavy atom. The minimum Gasteiger partial charge on any atom is -0.395 e. The summed E-state index contributed by atoms with van der Waals surface area (Å²) in [6, 6.07) is -0.718. The van der Waals surface area contributed by atoms with E-state index in [4.69, 9.17) is 15.6 Å². The van der Waals surface area contributed by atoms with Crippen molar-refractivity contribution in [3.8, 4) is 0 Å². The summed E-state index contributed by atoms with van der Waals surface area (Å²) in [6.07, 6.45) is 1.35. The number of aliphatic hydroxyl groups is 1. The molecule has 4 N–H and O–H groups in total. The Balaban J connectivity index is 2.94. The number of nitrogens with one attached hydrogen (secondary N) is 1. The fourth-order valence-corrected chi connectivity index (χ4v) is 2.68. The van der Waals surface area contributed by atoms with Crippen molar-refractivity contribution in [2.45, 2.75) is 24.4 Å². The molecule has 104 valence electrons. The summed E-state index contributed by atoms with van der Waals surface area (Å²) in [5.74, 6) is -0.0709. The molecule has 0 saturated carbocycles. The van der Waals surface area contributed by atoms with Crippen LogP contribution in [-0.4, -0.2) is 49.7 Å². The highest BCUT2D eigenvalue weighted by atomic mass is 32.2. The molecule has 0 radical (unpaired) electrons. The van der Waals surface area contributed by atoms with Gasteiger partial charge in [0.2, 0.25) is 10.0 Å². The Bertz CT molecular complexity index is 485. The van der Waals surface area contributed by atoms with Gasteiger partial charge in [0.05, 0.1) is 19.3 Å². The van der Waals surface area contributed by atoms with Gasteiger partial charge in [0, 0.05) is 19.9 Å². The van der Waals surface area contributed by atoms with E-state index in [-0.39, 0.29) is 23.9 Å². The Morgan fingerprint density at radius 3 is 2.78 bits per heavy atom. The molecule has 1 aromatic rings. The van der Waals surface area contributed by atoms with Crippen LogP contribution in [0.25, 0.3) is 0 Å². The lowest BCUT2D eigenvalue weighted by atomic mass is 10.4. The number of nitrogen functional groups attached to an aromatic ring is 1. The second kappa shape index (κ2) is 6.14. The molecule has 0 saturated heterocycles. The normalized spacial score (nSPS) is 13.7. The van der Waals surface area contributed by atoms with Crippen LogP contribution in [0.5, 0.6) is 0 Å². The molecule has 0 aliphatic rings. The van der Waals surface area contributed by atoms with Gasteiger partial charge in [0.1, 0.15) is 4.90 Å². The molecule has 0 aliphatic heterocycles. The van der Waals surface area contributed by atoms with E-state index in [2.05, 4.69) is 9.82 Å². The highest BCUT2D eigenvalue weighted by Gasteiger charge is 2.24. The molecular formula is C9H18N4O4S. The van der Waals surface area contributed by atoms with E-state index >= 15 is 0 Å². The average Bonchev–Trinajstić information content (AvgIpc) is 2.70. The first-order valence-corrected chi connectivity index (χ1v) is 6.88. The molecule has 0 aromatic carbocycles. The van der Waals surface area contributed by atoms with Crippen molar-refractivity contribution in [3.05, 3.63) is 6.20 Å². The predicted molar refractivity (Wildman–Crippen MR) is 65.4 cm³/mol. The van der Waals surface area contributed by atoms with Gasteiger partial charge in [-0.1, -0.05) is 0 Å². The van der Waals surface area contributed by atoms with Crippen LogP contribution in [0.1, 0.15) is 6.92 Å². The lowest BCUT2D eigenvalue weighted by Crippen LogP contribution is -2.40. The molecule has 1 aromatic heterocycles. The number of nitrogens with two attached hydrogens (primary N) is 1. The summed E-state index contributed by atoms with van der Waals surface area (Å²) < 4.78 is 32.6. The number of nitrogens with zero attached hydrogens (tertiary/aromatic N) is 2. The van der Waals surface area contributed by atoms with Crippen molar-refractivity contribution < 1.29 is 18.3 Å². The van der Waals surface area contributed by atoms with Gasteiger partial charge in [-0.15, -0.1) is 0 Å². The van der Waals surface area contributed by atoms with Gasteiger partial charge in [-0.05, 0) is 6.92 Å². The predicted octanol–water partition coefficient (Wildman–Crippen LogP) is -1.23. The lowest BCUT2D eigenvalue weighted by Gasteiger charge is -2.14. The summed E-state index contributed by atoms with van der Waals surface area (Å²) in [6.45, 7) is 2.03. The van der Waals surface area contributed by atoms with Gasteiger partial charge in [-0.25, -0.2) is 13.1 Å². The Kier molecular flexibility index (Phi) is 5.08. The van der Waals surface area contributed by atoms with Crippen LogP contribution >= 0.6 is 0 Å². The summed E-state index contributed by atoms with van der Waals surface area (Å²) >= 11 is 0. The van der Waals surface area contributed by atoms with Crippen LogP contribution in [0.2, 0.25) is 0 Å². The molecule has 18 heavy (non-hydrogen) atoms. The van der Waals surface area contributed by atoms with Crippen LogP contribution < -0.4 is 10.5 Å². The monoisotopic (exact) mass is 278 g/mol. The second-order valence-corrected chi connectivity index (χ2v) is 5.37. The maximum absolute atomic E-state index is 12.0. The highest BCUT2D eigenvalue weighted by Crippen LogP contribution is 2.16. The quantitative estimate of drug-likeness (QED) is 0.574. The van der Waals surface area contributed by atoms with Gasteiger partial charge in [-0.3, -0.25) is 4.68 Å². The topological polar surface area (TPSA) is 119 Å². The molecule has 1 rings (SSSR count). The van der Waals surface area contributed by atoms with Gasteiger partial charge in [-0.2, -0.15) is 5.10 Å². The van der Waals surface area contributed by atoms with Crippen molar-refractivity contribution in [2.75, 3.05) is 26.1 Å². The van der Waals surface area contributed by atoms with Crippen molar-refractivity contribution >= 4 is 15.8 Å². The van der Waals surface area contributed by atoms with Crippen molar-refractivity contribution in [3.63, 3.8) is 0 Å². The number of ether oxygens (including phenoxy) is 1. The van der Waals surface area contributed by atoms with Crippen LogP contribution in [-0.2, 0) is 21.3 Å². The molecule has 1 heterocycles. The minimum absolute atomic E-state index is 0.0670. The number of aromatic nitrogens is 2. The van der Waals surface area contributed by atoms with Crippen LogP contribution in [0.3, 0.4) is 0 Å². The van der Waals surface area contributed by atoms with Crippen molar-refractivity contribution in [1.82, 2.24) is 14.5 Å². The second-order valence-electron chi connectivity index (χ2n) is 3.69. The first kappa shape index (κ1) is 14.9. The largest absolute Gasteiger partial charge is 0.395 e. The fraction of sp³-hybridized carbons (Fsp3) is 0.667. The summed E-state index contributed by atoms with van der Waals surface area (Å²) in [7, 11) is -2.39. The maximum Gasteiger partial charge on any atom is 0.246 e. The minimum atomic E-state index is -3.81. The van der Waals surface area contributed by atoms with E-state index in [1.54, 1.807) is 0 Å². The third kappa shape index (κ3) is 3.42. The zero-order valence-corrected chi connectivity index (χ0v) is 11.1. The van der Waals surface area contributed by atoms with E-state index in [0.29, 0.717) is 6.54 Å². The fourth-order valence-electron chi connectivity index (χ4n) is 1.40. The number of rotatable bonds is 7. The van der Waals surface area contributed by atoms with Gasteiger partial charge in [0.15, 0.2) is 5.82 Å². The Labute approximate surface area is 106 Å². The Hall–Kier alpha value is -1.16. The molecule has 9 heteroatoms. The van der Waals surface area contributed by atoms with Crippen LogP contribution in [0.4, 0.5) is 5.82 Å². The highest BCUT2D eigenvalue weighted by molar-refractivity contribution is 7.89. The number of hydrogen-bond acceptors (Lipinski definition) is 6. The zero-order valence-electron chi connectivity index (χ0n) is 10.3. The average molecular weight is 278 g/mol. The van der Waals surface area contributed by atoms with E-state index in [1.807, 2.05) is 6.92 Å². The van der Waals surface area contributed by atoms with E-state index in [0.717, 1.165) is 0 Å². The first-order valence-electron chi connectivity index (χ1n) is 5.39. The van der Waals surface area contributed by atoms with E-state index in [1.165, 1.54) is 18.0 Å². The van der Waals surface area contributed by atoms with Crippen LogP contribution in [0.15, 0.2) is 11.1 Å².